The lowest BCUT2D eigenvalue weighted by molar-refractivity contribution is -0.125. The number of rotatable bonds is 6. The van der Waals surface area contributed by atoms with E-state index in [0.717, 1.165) is 5.56 Å². The lowest BCUT2D eigenvalue weighted by Crippen LogP contribution is -2.26. The first-order valence-corrected chi connectivity index (χ1v) is 10.4. The maximum absolute atomic E-state index is 13.2. The Kier molecular flexibility index (Phi) is 7.45. The van der Waals surface area contributed by atoms with Crippen LogP contribution < -0.4 is 15.8 Å². The number of aryl methyl sites for hydroxylation is 1. The Hall–Kier alpha value is -3.00. The summed E-state index contributed by atoms with van der Waals surface area (Å²) in [5.74, 6) is -1.16. The second-order valence-corrected chi connectivity index (χ2v) is 7.80. The summed E-state index contributed by atoms with van der Waals surface area (Å²) < 4.78 is 10.8. The number of benzene rings is 2. The molecule has 2 aromatic carbocycles. The quantitative estimate of drug-likeness (QED) is 0.347. The number of hydrogen-bond acceptors (Lipinski definition) is 6. The highest BCUT2D eigenvalue weighted by atomic mass is 35.5. The number of nitrogen functional groups attached to an aromatic ring is 1. The summed E-state index contributed by atoms with van der Waals surface area (Å²) in [5, 5.41) is 2.21. The molecule has 0 aliphatic rings. The van der Waals surface area contributed by atoms with Crippen LogP contribution in [-0.4, -0.2) is 24.0 Å². The van der Waals surface area contributed by atoms with E-state index in [-0.39, 0.29) is 26.6 Å². The van der Waals surface area contributed by atoms with Crippen molar-refractivity contribution in [2.75, 3.05) is 18.2 Å². The Labute approximate surface area is 199 Å². The average Bonchev–Trinajstić information content (AvgIpc) is 2.79. The van der Waals surface area contributed by atoms with Crippen LogP contribution >= 0.6 is 34.8 Å². The number of halogens is 3. The van der Waals surface area contributed by atoms with Gasteiger partial charge in [-0.25, -0.2) is 9.78 Å². The summed E-state index contributed by atoms with van der Waals surface area (Å²) in [6, 6.07) is 13.8. The van der Waals surface area contributed by atoms with E-state index in [4.69, 9.17) is 50.0 Å². The summed E-state index contributed by atoms with van der Waals surface area (Å²) in [7, 11) is 1.48. The first-order chi connectivity index (χ1) is 15.2. The molecule has 1 heterocycles. The average molecular weight is 495 g/mol. The third-order valence-electron chi connectivity index (χ3n) is 4.44. The van der Waals surface area contributed by atoms with E-state index in [9.17, 15) is 9.59 Å². The number of nitrogens with one attached hydrogen (secondary N) is 1. The largest absolute Gasteiger partial charge is 0.495 e. The minimum Gasteiger partial charge on any atom is -0.495 e. The predicted molar refractivity (Wildman–Crippen MR) is 125 cm³/mol. The van der Waals surface area contributed by atoms with Crippen LogP contribution in [0.1, 0.15) is 27.7 Å². The number of pyridine rings is 1. The lowest BCUT2D eigenvalue weighted by atomic mass is 10.1. The molecule has 0 aliphatic heterocycles. The third-order valence-corrected chi connectivity index (χ3v) is 5.58. The molecular weight excluding hydrogens is 477 g/mol. The Bertz CT molecular complexity index is 1170. The highest BCUT2D eigenvalue weighted by molar-refractivity contribution is 6.46. The van der Waals surface area contributed by atoms with Gasteiger partial charge in [-0.3, -0.25) is 4.79 Å². The van der Waals surface area contributed by atoms with Gasteiger partial charge in [0.05, 0.1) is 23.5 Å². The van der Waals surface area contributed by atoms with Crippen molar-refractivity contribution in [3.63, 3.8) is 0 Å². The van der Waals surface area contributed by atoms with E-state index in [1.54, 1.807) is 42.5 Å². The maximum atomic E-state index is 13.2. The second kappa shape index (κ2) is 10.1. The molecule has 0 spiro atoms. The van der Waals surface area contributed by atoms with E-state index in [0.29, 0.717) is 17.0 Å². The van der Waals surface area contributed by atoms with Crippen LogP contribution in [0.3, 0.4) is 0 Å². The molecule has 1 unspecified atom stereocenters. The Balaban J connectivity index is 1.95. The second-order valence-electron chi connectivity index (χ2n) is 6.68. The van der Waals surface area contributed by atoms with Crippen LogP contribution in [0.15, 0.2) is 48.5 Å². The zero-order valence-electron chi connectivity index (χ0n) is 17.0. The molecule has 166 valence electrons. The van der Waals surface area contributed by atoms with Gasteiger partial charge in [0.15, 0.2) is 10.8 Å². The Morgan fingerprint density at radius 2 is 1.75 bits per heavy atom. The number of aromatic nitrogens is 1. The molecule has 10 heteroatoms. The van der Waals surface area contributed by atoms with E-state index in [2.05, 4.69) is 10.3 Å². The van der Waals surface area contributed by atoms with Crippen molar-refractivity contribution in [3.05, 3.63) is 80.6 Å². The number of esters is 1. The number of nitrogens with zero attached hydrogens (tertiary/aromatic N) is 1. The SMILES string of the molecule is COc1ccc(C)cc1NC(=O)C(OC(=O)c1nc(Cl)c(Cl)c(N)c1Cl)c1ccccc1. The standard InChI is InChI=1S/C22H18Cl3N3O4/c1-11-8-9-14(31-2)13(10-11)27-21(29)19(12-6-4-3-5-7-12)32-22(30)18-15(23)17(26)16(24)20(25)28-18/h3-10,19H,1-2H3,(H2,26,28)(H,27,29). The predicted octanol–water partition coefficient (Wildman–Crippen LogP) is 5.48. The van der Waals surface area contributed by atoms with Crippen molar-refractivity contribution in [2.24, 2.45) is 0 Å². The van der Waals surface area contributed by atoms with Crippen LogP contribution in [0.5, 0.6) is 5.75 Å². The normalized spacial score (nSPS) is 11.5. The van der Waals surface area contributed by atoms with Gasteiger partial charge in [-0.05, 0) is 24.6 Å². The molecule has 7 nitrogen and oxygen atoms in total. The molecule has 1 amide bonds. The number of carbonyl (C=O) groups is 2. The van der Waals surface area contributed by atoms with Crippen molar-refractivity contribution in [3.8, 4) is 5.75 Å². The van der Waals surface area contributed by atoms with Crippen molar-refractivity contribution in [1.29, 1.82) is 0 Å². The van der Waals surface area contributed by atoms with Gasteiger partial charge < -0.3 is 20.5 Å². The molecule has 0 saturated heterocycles. The topological polar surface area (TPSA) is 104 Å². The molecule has 1 aromatic heterocycles. The summed E-state index contributed by atoms with van der Waals surface area (Å²) in [4.78, 5) is 29.9. The number of nitrogens with two attached hydrogens (primary N) is 1. The summed E-state index contributed by atoms with van der Waals surface area (Å²) in [5.41, 5.74) is 7.05. The lowest BCUT2D eigenvalue weighted by Gasteiger charge is -2.19. The molecule has 0 bridgehead atoms. The number of hydrogen-bond donors (Lipinski definition) is 2. The number of anilines is 2. The summed E-state index contributed by atoms with van der Waals surface area (Å²) >= 11 is 17.9. The number of amides is 1. The Morgan fingerprint density at radius 1 is 1.06 bits per heavy atom. The monoisotopic (exact) mass is 493 g/mol. The van der Waals surface area contributed by atoms with Gasteiger partial charge in [0.1, 0.15) is 10.8 Å². The van der Waals surface area contributed by atoms with E-state index < -0.39 is 18.0 Å². The fourth-order valence-electron chi connectivity index (χ4n) is 2.85. The fraction of sp³-hybridized carbons (Fsp3) is 0.136. The Morgan fingerprint density at radius 3 is 2.41 bits per heavy atom. The zero-order chi connectivity index (χ0) is 23.4. The molecular formula is C22H18Cl3N3O4. The van der Waals surface area contributed by atoms with Crippen molar-refractivity contribution in [1.82, 2.24) is 4.98 Å². The molecule has 0 fully saturated rings. The molecule has 3 aromatic rings. The molecule has 32 heavy (non-hydrogen) atoms. The van der Waals surface area contributed by atoms with Gasteiger partial charge >= 0.3 is 5.97 Å². The molecule has 3 rings (SSSR count). The smallest absolute Gasteiger partial charge is 0.359 e. The van der Waals surface area contributed by atoms with Crippen LogP contribution in [0, 0.1) is 6.92 Å². The molecule has 0 saturated carbocycles. The van der Waals surface area contributed by atoms with Crippen molar-refractivity contribution in [2.45, 2.75) is 13.0 Å². The zero-order valence-corrected chi connectivity index (χ0v) is 19.3. The van der Waals surface area contributed by atoms with E-state index in [1.807, 2.05) is 13.0 Å². The fourth-order valence-corrected chi connectivity index (χ4v) is 3.43. The van der Waals surface area contributed by atoms with Gasteiger partial charge in [-0.1, -0.05) is 71.2 Å². The summed E-state index contributed by atoms with van der Waals surface area (Å²) in [6.07, 6.45) is -1.33. The number of methoxy groups -OCH3 is 1. The third kappa shape index (κ3) is 5.07. The van der Waals surface area contributed by atoms with Gasteiger partial charge in [-0.15, -0.1) is 0 Å². The number of carbonyl (C=O) groups excluding carboxylic acids is 2. The molecule has 0 radical (unpaired) electrons. The molecule has 3 N–H and O–H groups in total. The van der Waals surface area contributed by atoms with Gasteiger partial charge in [0.25, 0.3) is 5.91 Å². The van der Waals surface area contributed by atoms with Crippen LogP contribution in [0.4, 0.5) is 11.4 Å². The van der Waals surface area contributed by atoms with Crippen molar-refractivity contribution >= 4 is 58.1 Å². The van der Waals surface area contributed by atoms with E-state index >= 15 is 0 Å². The van der Waals surface area contributed by atoms with Gasteiger partial charge in [0.2, 0.25) is 6.10 Å². The summed E-state index contributed by atoms with van der Waals surface area (Å²) in [6.45, 7) is 1.87. The minimum absolute atomic E-state index is 0.0860. The van der Waals surface area contributed by atoms with Gasteiger partial charge in [0, 0.05) is 5.56 Å². The van der Waals surface area contributed by atoms with E-state index in [1.165, 1.54) is 7.11 Å². The molecule has 0 aliphatic carbocycles. The maximum Gasteiger partial charge on any atom is 0.359 e. The highest BCUT2D eigenvalue weighted by Gasteiger charge is 2.29. The minimum atomic E-state index is -1.33. The first kappa shape index (κ1) is 23.7. The van der Waals surface area contributed by atoms with Crippen LogP contribution in [0.2, 0.25) is 15.2 Å². The highest BCUT2D eigenvalue weighted by Crippen LogP contribution is 2.35. The van der Waals surface area contributed by atoms with Gasteiger partial charge in [-0.2, -0.15) is 0 Å². The number of ether oxygens (including phenoxy) is 2. The first-order valence-electron chi connectivity index (χ1n) is 9.24. The van der Waals surface area contributed by atoms with Crippen molar-refractivity contribution < 1.29 is 19.1 Å². The van der Waals surface area contributed by atoms with Crippen LogP contribution in [-0.2, 0) is 9.53 Å². The van der Waals surface area contributed by atoms with Crippen LogP contribution in [0.25, 0.3) is 0 Å². The molecule has 1 atom stereocenters.